The van der Waals surface area contributed by atoms with Crippen LogP contribution < -0.4 is 15.5 Å². The highest BCUT2D eigenvalue weighted by Gasteiger charge is 2.36. The fourth-order valence-corrected chi connectivity index (χ4v) is 6.28. The molecule has 1 aromatic carbocycles. The van der Waals surface area contributed by atoms with Gasteiger partial charge in [-0.15, -0.1) is 0 Å². The largest absolute Gasteiger partial charge is 0.446 e. The molecule has 2 heterocycles. The number of sulfone groups is 1. The molecule has 3 aliphatic rings. The van der Waals surface area contributed by atoms with Crippen molar-refractivity contribution in [3.8, 4) is 0 Å². The molecule has 1 saturated heterocycles. The van der Waals surface area contributed by atoms with Crippen molar-refractivity contribution < 1.29 is 22.7 Å². The summed E-state index contributed by atoms with van der Waals surface area (Å²) >= 11 is 0. The molecule has 2 N–H and O–H groups in total. The fraction of sp³-hybridized carbons (Fsp3) is 0.542. The zero-order valence-electron chi connectivity index (χ0n) is 19.6. The number of benzene rings is 1. The number of amides is 2. The van der Waals surface area contributed by atoms with Crippen LogP contribution >= 0.6 is 0 Å². The third-order valence-electron chi connectivity index (χ3n) is 6.67. The quantitative estimate of drug-likeness (QED) is 0.650. The maximum atomic E-state index is 13.0. The van der Waals surface area contributed by atoms with E-state index >= 15 is 0 Å². The lowest BCUT2D eigenvalue weighted by atomic mass is 9.96. The summed E-state index contributed by atoms with van der Waals surface area (Å²) < 4.78 is 29.5. The number of nitrogens with two attached hydrogens (primary N) is 1. The summed E-state index contributed by atoms with van der Waals surface area (Å²) in [5.74, 6) is 0.141. The number of aliphatic imine (C=N–C) groups is 1. The van der Waals surface area contributed by atoms with Gasteiger partial charge in [-0.25, -0.2) is 13.2 Å². The number of ether oxygens (including phenoxy) is 1. The topological polar surface area (TPSA) is 122 Å². The van der Waals surface area contributed by atoms with Crippen molar-refractivity contribution in [3.63, 3.8) is 0 Å². The Kier molecular flexibility index (Phi) is 6.97. The fourth-order valence-electron chi connectivity index (χ4n) is 4.67. The minimum absolute atomic E-state index is 0.0395. The molecule has 10 heteroatoms. The highest BCUT2D eigenvalue weighted by molar-refractivity contribution is 7.91. The van der Waals surface area contributed by atoms with Crippen LogP contribution in [0.25, 0.3) is 5.57 Å². The highest BCUT2D eigenvalue weighted by atomic mass is 32.2. The molecule has 2 fully saturated rings. The lowest BCUT2D eigenvalue weighted by Gasteiger charge is -2.41. The first-order valence-corrected chi connectivity index (χ1v) is 13.6. The number of hydrogen-bond acceptors (Lipinski definition) is 7. The van der Waals surface area contributed by atoms with Crippen LogP contribution in [-0.4, -0.2) is 62.9 Å². The molecule has 0 radical (unpaired) electrons. The van der Waals surface area contributed by atoms with Crippen molar-refractivity contribution in [1.82, 2.24) is 0 Å². The van der Waals surface area contributed by atoms with E-state index < -0.39 is 15.9 Å². The Labute approximate surface area is 200 Å². The molecule has 9 nitrogen and oxygen atoms in total. The molecule has 1 aromatic rings. The molecular formula is C24H32N4O5S. The average Bonchev–Trinajstić information content (AvgIpc) is 2.75. The van der Waals surface area contributed by atoms with E-state index in [1.165, 1.54) is 13.1 Å². The Bertz CT molecular complexity index is 1130. The second-order valence-electron chi connectivity index (χ2n) is 9.30. The van der Waals surface area contributed by atoms with E-state index in [1.807, 2.05) is 19.1 Å². The minimum Gasteiger partial charge on any atom is -0.446 e. The summed E-state index contributed by atoms with van der Waals surface area (Å²) in [5, 5.41) is 0. The zero-order chi connectivity index (χ0) is 24.5. The lowest BCUT2D eigenvalue weighted by Crippen LogP contribution is -2.52. The van der Waals surface area contributed by atoms with Crippen molar-refractivity contribution >= 4 is 45.0 Å². The van der Waals surface area contributed by atoms with Crippen molar-refractivity contribution in [2.45, 2.75) is 64.1 Å². The molecule has 0 spiro atoms. The molecule has 1 aliphatic carbocycles. The zero-order valence-corrected chi connectivity index (χ0v) is 20.5. The van der Waals surface area contributed by atoms with Gasteiger partial charge in [-0.3, -0.25) is 14.7 Å². The Hall–Kier alpha value is -2.88. The Morgan fingerprint density at radius 2 is 1.94 bits per heavy atom. The van der Waals surface area contributed by atoms with Gasteiger partial charge < -0.3 is 15.4 Å². The van der Waals surface area contributed by atoms with Gasteiger partial charge in [-0.1, -0.05) is 6.07 Å². The number of hydrogen-bond donors (Lipinski definition) is 1. The van der Waals surface area contributed by atoms with Crippen LogP contribution in [0.5, 0.6) is 0 Å². The normalized spacial score (nSPS) is 25.1. The van der Waals surface area contributed by atoms with Crippen LogP contribution in [0.15, 0.2) is 29.4 Å². The first-order chi connectivity index (χ1) is 16.2. The number of carbonyl (C=O) groups is 2. The third kappa shape index (κ3) is 5.11. The summed E-state index contributed by atoms with van der Waals surface area (Å²) in [6.07, 6.45) is 6.64. The van der Waals surface area contributed by atoms with Crippen LogP contribution in [0.3, 0.4) is 0 Å². The highest BCUT2D eigenvalue weighted by Crippen LogP contribution is 2.38. The maximum absolute atomic E-state index is 13.0. The van der Waals surface area contributed by atoms with E-state index in [1.54, 1.807) is 22.1 Å². The molecule has 0 aromatic heterocycles. The van der Waals surface area contributed by atoms with E-state index in [0.29, 0.717) is 41.9 Å². The Balaban J connectivity index is 1.64. The molecular weight excluding hydrogens is 456 g/mol. The smallest absolute Gasteiger partial charge is 0.414 e. The van der Waals surface area contributed by atoms with E-state index in [2.05, 4.69) is 4.99 Å². The maximum Gasteiger partial charge on any atom is 0.414 e. The first-order valence-electron chi connectivity index (χ1n) is 11.8. The molecule has 0 bridgehead atoms. The summed E-state index contributed by atoms with van der Waals surface area (Å²) in [7, 11) is -3.07. The number of nitrogens with zero attached hydrogens (tertiary/aromatic N) is 3. The number of anilines is 2. The Morgan fingerprint density at radius 3 is 2.56 bits per heavy atom. The lowest BCUT2D eigenvalue weighted by molar-refractivity contribution is -0.117. The van der Waals surface area contributed by atoms with Gasteiger partial charge >= 0.3 is 6.09 Å². The molecule has 2 aliphatic heterocycles. The molecule has 2 amide bonds. The molecule has 184 valence electrons. The number of fused-ring (bicyclic) bond motifs is 1. The molecule has 4 rings (SSSR count). The molecule has 1 saturated carbocycles. The van der Waals surface area contributed by atoms with E-state index in [-0.39, 0.29) is 35.6 Å². The number of rotatable bonds is 4. The van der Waals surface area contributed by atoms with Crippen LogP contribution in [0.1, 0.15) is 51.5 Å². The monoisotopic (exact) mass is 488 g/mol. The van der Waals surface area contributed by atoms with Crippen LogP contribution in [0.2, 0.25) is 0 Å². The minimum atomic E-state index is -3.07. The average molecular weight is 489 g/mol. The van der Waals surface area contributed by atoms with Gasteiger partial charge in [-0.2, -0.15) is 0 Å². The van der Waals surface area contributed by atoms with Crippen molar-refractivity contribution in [3.05, 3.63) is 30.0 Å². The predicted molar refractivity (Wildman–Crippen MR) is 133 cm³/mol. The van der Waals surface area contributed by atoms with Crippen molar-refractivity contribution in [2.75, 3.05) is 27.9 Å². The second-order valence-corrected chi connectivity index (χ2v) is 11.5. The van der Waals surface area contributed by atoms with Gasteiger partial charge in [0.15, 0.2) is 9.84 Å². The predicted octanol–water partition coefficient (Wildman–Crippen LogP) is 2.88. The van der Waals surface area contributed by atoms with Gasteiger partial charge in [0.2, 0.25) is 5.91 Å². The molecule has 34 heavy (non-hydrogen) atoms. The van der Waals surface area contributed by atoms with E-state index in [9.17, 15) is 18.0 Å². The summed E-state index contributed by atoms with van der Waals surface area (Å²) in [6.45, 7) is 3.72. The van der Waals surface area contributed by atoms with Gasteiger partial charge in [0.05, 0.1) is 35.0 Å². The van der Waals surface area contributed by atoms with E-state index in [4.69, 9.17) is 10.5 Å². The van der Waals surface area contributed by atoms with Crippen molar-refractivity contribution in [1.29, 1.82) is 0 Å². The van der Waals surface area contributed by atoms with Crippen LogP contribution in [-0.2, 0) is 19.4 Å². The Morgan fingerprint density at radius 1 is 1.18 bits per heavy atom. The summed E-state index contributed by atoms with van der Waals surface area (Å²) in [6, 6.07) is 4.93. The standard InChI is InChI=1S/C24H32N4O5S/c1-16-14-27(24(30)33-21-6-3-7-21)23-11-18(8-9-22(23)28(16)17(2)29)19(12-25)13-26-20-5-4-10-34(31,32)15-20/h8-9,11-13,16,20-21H,3-7,10,14-15,25H2,1-2H3/t16-,20-/m0/s1. The van der Waals surface area contributed by atoms with Crippen LogP contribution in [0.4, 0.5) is 16.2 Å². The van der Waals surface area contributed by atoms with Gasteiger partial charge in [0, 0.05) is 31.5 Å². The second kappa shape index (κ2) is 9.77. The van der Waals surface area contributed by atoms with Gasteiger partial charge in [-0.05, 0) is 56.7 Å². The van der Waals surface area contributed by atoms with Gasteiger partial charge in [0.25, 0.3) is 0 Å². The SMILES string of the molecule is CC(=O)N1c2ccc(C(C=N[C@H]3CCCS(=O)(=O)C3)=CN)cc2N(C(=O)OC2CCC2)C[C@@H]1C. The number of carbonyl (C=O) groups excluding carboxylic acids is 2. The van der Waals surface area contributed by atoms with Gasteiger partial charge in [0.1, 0.15) is 6.10 Å². The first kappa shape index (κ1) is 24.3. The molecule has 2 atom stereocenters. The third-order valence-corrected chi connectivity index (χ3v) is 8.47. The summed E-state index contributed by atoms with van der Waals surface area (Å²) in [4.78, 5) is 33.1. The number of allylic oxidation sites excluding steroid dienone is 1. The molecule has 0 unspecified atom stereocenters. The van der Waals surface area contributed by atoms with Crippen molar-refractivity contribution in [2.24, 2.45) is 10.7 Å². The van der Waals surface area contributed by atoms with Crippen LogP contribution in [0, 0.1) is 0 Å². The summed E-state index contributed by atoms with van der Waals surface area (Å²) in [5.41, 5.74) is 8.41. The van der Waals surface area contributed by atoms with E-state index in [0.717, 1.165) is 19.3 Å².